The summed E-state index contributed by atoms with van der Waals surface area (Å²) in [5.41, 5.74) is 1.52. The Hall–Kier alpha value is -1.29. The van der Waals surface area contributed by atoms with E-state index in [9.17, 15) is 9.18 Å². The number of hydrogen-bond donors (Lipinski definition) is 1. The van der Waals surface area contributed by atoms with Gasteiger partial charge in [-0.15, -0.1) is 0 Å². The second kappa shape index (κ2) is 6.75. The van der Waals surface area contributed by atoms with Crippen LogP contribution in [0.3, 0.4) is 0 Å². The molecule has 0 unspecified atom stereocenters. The Morgan fingerprint density at radius 1 is 1.37 bits per heavy atom. The van der Waals surface area contributed by atoms with Crippen molar-refractivity contribution in [1.82, 2.24) is 0 Å². The van der Waals surface area contributed by atoms with E-state index < -0.39 is 5.97 Å². The zero-order valence-electron chi connectivity index (χ0n) is 10.6. The molecule has 0 heterocycles. The molecule has 1 fully saturated rings. The summed E-state index contributed by atoms with van der Waals surface area (Å²) in [7, 11) is 0. The molecule has 1 aliphatic rings. The molecule has 1 aliphatic carbocycles. The van der Waals surface area contributed by atoms with Gasteiger partial charge < -0.3 is 5.11 Å². The van der Waals surface area contributed by atoms with Crippen molar-refractivity contribution in [1.29, 1.82) is 0 Å². The number of benzene rings is 1. The van der Waals surface area contributed by atoms with E-state index in [1.807, 2.05) is 17.8 Å². The van der Waals surface area contributed by atoms with E-state index >= 15 is 0 Å². The van der Waals surface area contributed by atoms with E-state index in [4.69, 9.17) is 5.11 Å². The maximum absolute atomic E-state index is 13.5. The van der Waals surface area contributed by atoms with E-state index in [1.165, 1.54) is 43.9 Å². The molecule has 0 aliphatic heterocycles. The third kappa shape index (κ3) is 4.71. The van der Waals surface area contributed by atoms with E-state index in [0.29, 0.717) is 10.8 Å². The van der Waals surface area contributed by atoms with Crippen molar-refractivity contribution in [2.45, 2.75) is 36.7 Å². The van der Waals surface area contributed by atoms with Crippen LogP contribution in [0.5, 0.6) is 0 Å². The van der Waals surface area contributed by atoms with Crippen LogP contribution in [-0.2, 0) is 10.5 Å². The predicted octanol–water partition coefficient (Wildman–Crippen LogP) is 4.10. The van der Waals surface area contributed by atoms with Crippen molar-refractivity contribution in [2.75, 3.05) is 0 Å². The lowest BCUT2D eigenvalue weighted by Crippen LogP contribution is -1.95. The van der Waals surface area contributed by atoms with Gasteiger partial charge in [-0.2, -0.15) is 11.8 Å². The Morgan fingerprint density at radius 3 is 2.79 bits per heavy atom. The molecule has 1 aromatic carbocycles. The van der Waals surface area contributed by atoms with Gasteiger partial charge in [0.2, 0.25) is 0 Å². The average Bonchev–Trinajstić information content (AvgIpc) is 2.86. The van der Waals surface area contributed by atoms with Crippen LogP contribution in [0, 0.1) is 5.82 Å². The lowest BCUT2D eigenvalue weighted by atomic mass is 10.1. The van der Waals surface area contributed by atoms with Crippen LogP contribution in [0.15, 0.2) is 24.3 Å². The summed E-state index contributed by atoms with van der Waals surface area (Å²) < 4.78 is 13.5. The molecule has 0 bridgehead atoms. The molecule has 2 nitrogen and oxygen atoms in total. The second-order valence-corrected chi connectivity index (χ2v) is 6.07. The van der Waals surface area contributed by atoms with Gasteiger partial charge >= 0.3 is 5.97 Å². The fraction of sp³-hybridized carbons (Fsp3) is 0.400. The van der Waals surface area contributed by atoms with Crippen LogP contribution < -0.4 is 0 Å². The van der Waals surface area contributed by atoms with Gasteiger partial charge in [0.1, 0.15) is 5.82 Å². The average molecular weight is 280 g/mol. The van der Waals surface area contributed by atoms with Gasteiger partial charge in [-0.3, -0.25) is 0 Å². The maximum Gasteiger partial charge on any atom is 0.328 e. The largest absolute Gasteiger partial charge is 0.478 e. The van der Waals surface area contributed by atoms with Crippen molar-refractivity contribution in [2.24, 2.45) is 0 Å². The summed E-state index contributed by atoms with van der Waals surface area (Å²) in [6, 6.07) is 4.73. The quantitative estimate of drug-likeness (QED) is 0.825. The summed E-state index contributed by atoms with van der Waals surface area (Å²) in [6.07, 6.45) is 7.57. The third-order valence-corrected chi connectivity index (χ3v) is 4.63. The first kappa shape index (κ1) is 14.1. The monoisotopic (exact) mass is 280 g/mol. The second-order valence-electron chi connectivity index (χ2n) is 4.78. The number of thioether (sulfide) groups is 1. The van der Waals surface area contributed by atoms with Crippen molar-refractivity contribution < 1.29 is 14.3 Å². The van der Waals surface area contributed by atoms with Crippen LogP contribution in [0.1, 0.15) is 36.8 Å². The van der Waals surface area contributed by atoms with Gasteiger partial charge in [-0.25, -0.2) is 9.18 Å². The summed E-state index contributed by atoms with van der Waals surface area (Å²) in [6.45, 7) is 0. The molecule has 0 radical (unpaired) electrons. The van der Waals surface area contributed by atoms with E-state index in [0.717, 1.165) is 17.4 Å². The highest BCUT2D eigenvalue weighted by Crippen LogP contribution is 2.31. The topological polar surface area (TPSA) is 37.3 Å². The van der Waals surface area contributed by atoms with Gasteiger partial charge in [0.05, 0.1) is 0 Å². The molecular weight excluding hydrogens is 263 g/mol. The highest BCUT2D eigenvalue weighted by Gasteiger charge is 2.15. The Labute approximate surface area is 116 Å². The Bertz CT molecular complexity index is 479. The van der Waals surface area contributed by atoms with Gasteiger partial charge in [-0.05, 0) is 42.2 Å². The normalized spacial score (nSPS) is 16.3. The first-order chi connectivity index (χ1) is 9.13. The number of halogens is 1. The SMILES string of the molecule is O=C(O)C=Cc1cc(F)cc(CSC2CCCC2)c1. The molecule has 102 valence electrons. The summed E-state index contributed by atoms with van der Waals surface area (Å²) in [4.78, 5) is 10.5. The van der Waals surface area contributed by atoms with Crippen LogP contribution in [-0.4, -0.2) is 16.3 Å². The van der Waals surface area contributed by atoms with Crippen LogP contribution in [0.4, 0.5) is 4.39 Å². The number of carboxylic acid groups (broad SMARTS) is 1. The molecular formula is C15H17FO2S. The molecule has 1 saturated carbocycles. The lowest BCUT2D eigenvalue weighted by Gasteiger charge is -2.09. The van der Waals surface area contributed by atoms with E-state index in [2.05, 4.69) is 0 Å². The molecule has 19 heavy (non-hydrogen) atoms. The Balaban J connectivity index is 2.01. The van der Waals surface area contributed by atoms with Crippen molar-refractivity contribution in [3.8, 4) is 0 Å². The Kier molecular flexibility index (Phi) is 5.02. The zero-order chi connectivity index (χ0) is 13.7. The molecule has 2 rings (SSSR count). The van der Waals surface area contributed by atoms with Crippen molar-refractivity contribution in [3.63, 3.8) is 0 Å². The molecule has 1 N–H and O–H groups in total. The van der Waals surface area contributed by atoms with Crippen LogP contribution in [0.2, 0.25) is 0 Å². The minimum absolute atomic E-state index is 0.311. The molecule has 0 atom stereocenters. The zero-order valence-corrected chi connectivity index (χ0v) is 11.5. The first-order valence-corrected chi connectivity index (χ1v) is 7.50. The van der Waals surface area contributed by atoms with Gasteiger partial charge in [-0.1, -0.05) is 18.9 Å². The van der Waals surface area contributed by atoms with Crippen molar-refractivity contribution >= 4 is 23.8 Å². The highest BCUT2D eigenvalue weighted by molar-refractivity contribution is 7.99. The summed E-state index contributed by atoms with van der Waals surface area (Å²) in [5, 5.41) is 9.27. The molecule has 4 heteroatoms. The number of aliphatic carboxylic acids is 1. The summed E-state index contributed by atoms with van der Waals surface area (Å²) in [5.74, 6) is -0.545. The molecule has 1 aromatic rings. The fourth-order valence-corrected chi connectivity index (χ4v) is 3.55. The lowest BCUT2D eigenvalue weighted by molar-refractivity contribution is -0.131. The van der Waals surface area contributed by atoms with Gasteiger partial charge in [0.25, 0.3) is 0 Å². The third-order valence-electron chi connectivity index (χ3n) is 3.19. The number of rotatable bonds is 5. The van der Waals surface area contributed by atoms with E-state index in [-0.39, 0.29) is 5.82 Å². The van der Waals surface area contributed by atoms with Gasteiger partial charge in [0.15, 0.2) is 0 Å². The summed E-state index contributed by atoms with van der Waals surface area (Å²) >= 11 is 1.87. The van der Waals surface area contributed by atoms with Crippen LogP contribution in [0.25, 0.3) is 6.08 Å². The predicted molar refractivity (Wildman–Crippen MR) is 76.6 cm³/mol. The number of carboxylic acids is 1. The molecule has 0 saturated heterocycles. The highest BCUT2D eigenvalue weighted by atomic mass is 32.2. The minimum atomic E-state index is -1.02. The fourth-order valence-electron chi connectivity index (χ4n) is 2.29. The smallest absolute Gasteiger partial charge is 0.328 e. The Morgan fingerprint density at radius 2 is 2.11 bits per heavy atom. The minimum Gasteiger partial charge on any atom is -0.478 e. The number of hydrogen-bond acceptors (Lipinski definition) is 2. The maximum atomic E-state index is 13.5. The standard InChI is InChI=1S/C15H17FO2S/c16-13-8-11(5-6-15(17)18)7-12(9-13)10-19-14-3-1-2-4-14/h5-9,14H,1-4,10H2,(H,17,18). The molecule has 0 aromatic heterocycles. The van der Waals surface area contributed by atoms with Crippen molar-refractivity contribution in [3.05, 3.63) is 41.2 Å². The molecule has 0 amide bonds. The number of carbonyl (C=O) groups is 1. The van der Waals surface area contributed by atoms with E-state index in [1.54, 1.807) is 0 Å². The molecule has 0 spiro atoms. The van der Waals surface area contributed by atoms with Gasteiger partial charge in [0, 0.05) is 17.1 Å². The van der Waals surface area contributed by atoms with Crippen LogP contribution >= 0.6 is 11.8 Å². The first-order valence-electron chi connectivity index (χ1n) is 6.45.